The molecule has 80 valence electrons. The van der Waals surface area contributed by atoms with Gasteiger partial charge in [0.15, 0.2) is 6.61 Å². The van der Waals surface area contributed by atoms with E-state index in [4.69, 9.17) is 4.74 Å². The molecule has 0 saturated heterocycles. The molecule has 1 aromatic carbocycles. The van der Waals surface area contributed by atoms with Crippen LogP contribution < -0.4 is 15.6 Å². The van der Waals surface area contributed by atoms with E-state index in [1.54, 1.807) is 12.1 Å². The van der Waals surface area contributed by atoms with E-state index < -0.39 is 5.91 Å². The first-order valence-corrected chi connectivity index (χ1v) is 4.40. The summed E-state index contributed by atoms with van der Waals surface area (Å²) in [7, 11) is 0. The van der Waals surface area contributed by atoms with E-state index in [2.05, 4.69) is 5.43 Å². The van der Waals surface area contributed by atoms with E-state index in [0.29, 0.717) is 12.2 Å². The molecule has 0 heterocycles. The van der Waals surface area contributed by atoms with Crippen LogP contribution >= 0.6 is 0 Å². The van der Waals surface area contributed by atoms with Gasteiger partial charge in [-0.1, -0.05) is 17.7 Å². The zero-order chi connectivity index (χ0) is 11.1. The predicted octanol–water partition coefficient (Wildman–Crippen LogP) is 0.151. The number of hydrogen-bond donors (Lipinski definition) is 2. The summed E-state index contributed by atoms with van der Waals surface area (Å²) in [5, 5.41) is 0. The number of benzene rings is 1. The van der Waals surface area contributed by atoms with Crippen LogP contribution in [-0.2, 0) is 9.59 Å². The average Bonchev–Trinajstić information content (AvgIpc) is 2.25. The molecule has 2 amide bonds. The molecule has 1 rings (SSSR count). The smallest absolute Gasteiger partial charge is 0.276 e. The summed E-state index contributed by atoms with van der Waals surface area (Å²) in [5.74, 6) is 0.199. The second kappa shape index (κ2) is 5.64. The fourth-order valence-corrected chi connectivity index (χ4v) is 0.929. The van der Waals surface area contributed by atoms with Crippen LogP contribution in [0.25, 0.3) is 0 Å². The van der Waals surface area contributed by atoms with E-state index in [9.17, 15) is 9.59 Å². The third kappa shape index (κ3) is 4.12. The van der Waals surface area contributed by atoms with E-state index in [0.717, 1.165) is 5.56 Å². The summed E-state index contributed by atoms with van der Waals surface area (Å²) in [6.07, 6.45) is 0.379. The van der Waals surface area contributed by atoms with E-state index >= 15 is 0 Å². The van der Waals surface area contributed by atoms with Gasteiger partial charge in [0, 0.05) is 0 Å². The minimum Gasteiger partial charge on any atom is -0.484 e. The van der Waals surface area contributed by atoms with Gasteiger partial charge in [-0.2, -0.15) is 0 Å². The van der Waals surface area contributed by atoms with Crippen LogP contribution in [0.15, 0.2) is 24.3 Å². The molecule has 15 heavy (non-hydrogen) atoms. The highest BCUT2D eigenvalue weighted by Gasteiger charge is 2.00. The van der Waals surface area contributed by atoms with Crippen molar-refractivity contribution in [3.63, 3.8) is 0 Å². The lowest BCUT2D eigenvalue weighted by Gasteiger charge is -2.06. The van der Waals surface area contributed by atoms with Crippen molar-refractivity contribution in [3.05, 3.63) is 29.8 Å². The third-order valence-corrected chi connectivity index (χ3v) is 1.66. The third-order valence-electron chi connectivity index (χ3n) is 1.66. The first kappa shape index (κ1) is 11.0. The molecular formula is C10H12N2O3. The second-order valence-electron chi connectivity index (χ2n) is 2.91. The van der Waals surface area contributed by atoms with Crippen molar-refractivity contribution >= 4 is 12.3 Å². The lowest BCUT2D eigenvalue weighted by atomic mass is 10.2. The summed E-state index contributed by atoms with van der Waals surface area (Å²) < 4.78 is 5.15. The lowest BCUT2D eigenvalue weighted by molar-refractivity contribution is -0.126. The zero-order valence-electron chi connectivity index (χ0n) is 8.32. The Morgan fingerprint density at radius 2 is 2.07 bits per heavy atom. The van der Waals surface area contributed by atoms with Gasteiger partial charge in [0.25, 0.3) is 5.91 Å². The fraction of sp³-hybridized carbons (Fsp3) is 0.200. The van der Waals surface area contributed by atoms with Gasteiger partial charge in [-0.3, -0.25) is 20.4 Å². The van der Waals surface area contributed by atoms with Gasteiger partial charge < -0.3 is 4.74 Å². The Labute approximate surface area is 87.4 Å². The molecule has 0 bridgehead atoms. The standard InChI is InChI=1S/C10H12N2O3/c1-8-2-4-9(5-3-8)15-6-10(14)12-11-7-13/h2-5,7H,6H2,1H3,(H,11,13)(H,12,14). The zero-order valence-corrected chi connectivity index (χ0v) is 8.32. The molecule has 0 fully saturated rings. The number of nitrogens with one attached hydrogen (secondary N) is 2. The fourth-order valence-electron chi connectivity index (χ4n) is 0.929. The van der Waals surface area contributed by atoms with Gasteiger partial charge in [0.1, 0.15) is 5.75 Å². The second-order valence-corrected chi connectivity index (χ2v) is 2.91. The highest BCUT2D eigenvalue weighted by molar-refractivity contribution is 5.78. The summed E-state index contributed by atoms with van der Waals surface area (Å²) >= 11 is 0. The van der Waals surface area contributed by atoms with Crippen LogP contribution in [0.2, 0.25) is 0 Å². The maximum absolute atomic E-state index is 11.0. The molecule has 1 aromatic rings. The van der Waals surface area contributed by atoms with Crippen molar-refractivity contribution < 1.29 is 14.3 Å². The number of carbonyl (C=O) groups excluding carboxylic acids is 2. The predicted molar refractivity (Wildman–Crippen MR) is 54.0 cm³/mol. The number of ether oxygens (including phenoxy) is 1. The summed E-state index contributed by atoms with van der Waals surface area (Å²) in [4.78, 5) is 20.8. The van der Waals surface area contributed by atoms with Gasteiger partial charge in [-0.25, -0.2) is 0 Å². The van der Waals surface area contributed by atoms with Gasteiger partial charge in [0.2, 0.25) is 6.41 Å². The Hall–Kier alpha value is -2.04. The SMILES string of the molecule is Cc1ccc(OCC(=O)NNC=O)cc1. The molecule has 0 aromatic heterocycles. The molecule has 0 saturated carbocycles. The van der Waals surface area contributed by atoms with Crippen LogP contribution in [-0.4, -0.2) is 18.9 Å². The molecule has 2 N–H and O–H groups in total. The first-order valence-electron chi connectivity index (χ1n) is 4.40. The normalized spacial score (nSPS) is 9.13. The monoisotopic (exact) mass is 208 g/mol. The molecule has 5 nitrogen and oxygen atoms in total. The number of rotatable bonds is 5. The molecule has 5 heteroatoms. The van der Waals surface area contributed by atoms with E-state index in [-0.39, 0.29) is 6.61 Å². The highest BCUT2D eigenvalue weighted by Crippen LogP contribution is 2.10. The number of amides is 2. The number of hydrogen-bond acceptors (Lipinski definition) is 3. The lowest BCUT2D eigenvalue weighted by Crippen LogP contribution is -2.39. The Morgan fingerprint density at radius 3 is 2.67 bits per heavy atom. The van der Waals surface area contributed by atoms with Gasteiger partial charge >= 0.3 is 0 Å². The molecule has 0 unspecified atom stereocenters. The number of aryl methyl sites for hydroxylation is 1. The Kier molecular flexibility index (Phi) is 4.15. The average molecular weight is 208 g/mol. The summed E-state index contributed by atoms with van der Waals surface area (Å²) in [6.45, 7) is 1.83. The first-order chi connectivity index (χ1) is 7.22. The van der Waals surface area contributed by atoms with Gasteiger partial charge in [-0.15, -0.1) is 0 Å². The van der Waals surface area contributed by atoms with Crippen molar-refractivity contribution in [1.82, 2.24) is 10.9 Å². The topological polar surface area (TPSA) is 67.4 Å². The van der Waals surface area contributed by atoms with Crippen LogP contribution in [0.5, 0.6) is 5.75 Å². The quantitative estimate of drug-likeness (QED) is 0.534. The molecule has 0 radical (unpaired) electrons. The minimum absolute atomic E-state index is 0.135. The molecule has 0 aliphatic carbocycles. The van der Waals surface area contributed by atoms with Gasteiger partial charge in [0.05, 0.1) is 0 Å². The summed E-state index contributed by atoms with van der Waals surface area (Å²) in [5.41, 5.74) is 5.29. The van der Waals surface area contributed by atoms with Crippen molar-refractivity contribution in [1.29, 1.82) is 0 Å². The highest BCUT2D eigenvalue weighted by atomic mass is 16.5. The van der Waals surface area contributed by atoms with Crippen LogP contribution in [0.1, 0.15) is 5.56 Å². The van der Waals surface area contributed by atoms with Gasteiger partial charge in [-0.05, 0) is 19.1 Å². The Balaban J connectivity index is 2.33. The van der Waals surface area contributed by atoms with Crippen molar-refractivity contribution in [2.24, 2.45) is 0 Å². The molecule has 0 spiro atoms. The van der Waals surface area contributed by atoms with Crippen molar-refractivity contribution in [2.45, 2.75) is 6.92 Å². The maximum atomic E-state index is 11.0. The van der Waals surface area contributed by atoms with Crippen LogP contribution in [0.4, 0.5) is 0 Å². The van der Waals surface area contributed by atoms with Crippen molar-refractivity contribution in [3.8, 4) is 5.75 Å². The Morgan fingerprint density at radius 1 is 1.40 bits per heavy atom. The minimum atomic E-state index is -0.414. The van der Waals surface area contributed by atoms with Crippen molar-refractivity contribution in [2.75, 3.05) is 6.61 Å². The van der Waals surface area contributed by atoms with E-state index in [1.165, 1.54) is 0 Å². The van der Waals surface area contributed by atoms with Crippen LogP contribution in [0, 0.1) is 6.92 Å². The molecular weight excluding hydrogens is 196 g/mol. The van der Waals surface area contributed by atoms with Crippen LogP contribution in [0.3, 0.4) is 0 Å². The largest absolute Gasteiger partial charge is 0.484 e. The molecule has 0 aliphatic heterocycles. The molecule has 0 atom stereocenters. The maximum Gasteiger partial charge on any atom is 0.276 e. The number of carbonyl (C=O) groups is 2. The molecule has 0 aliphatic rings. The summed E-state index contributed by atoms with van der Waals surface area (Å²) in [6, 6.07) is 7.32. The Bertz CT molecular complexity index is 335. The number of hydrazine groups is 1. The van der Waals surface area contributed by atoms with E-state index in [1.807, 2.05) is 24.5 Å².